The molecule has 4 heterocycles. The number of aliphatic carboxylic acids is 3. The molecule has 2 aromatic heterocycles. The summed E-state index contributed by atoms with van der Waals surface area (Å²) in [6.45, 7) is 3.39. The summed E-state index contributed by atoms with van der Waals surface area (Å²) >= 11 is 0. The Kier molecular flexibility index (Phi) is 14.6. The molecule has 2 saturated heterocycles. The molecule has 1 atom stereocenters. The van der Waals surface area contributed by atoms with Crippen LogP contribution in [0.5, 0.6) is 5.88 Å². The van der Waals surface area contributed by atoms with Gasteiger partial charge in [-0.1, -0.05) is 6.07 Å². The molecule has 0 radical (unpaired) electrons. The minimum absolute atomic E-state index is 0.0714. The summed E-state index contributed by atoms with van der Waals surface area (Å²) in [4.78, 5) is 37.3. The van der Waals surface area contributed by atoms with Crippen molar-refractivity contribution in [1.82, 2.24) is 14.9 Å². The monoisotopic (exact) mass is 685 g/mol. The van der Waals surface area contributed by atoms with Gasteiger partial charge in [-0.2, -0.15) is 39.5 Å². The molecule has 1 spiro atoms. The number of ether oxygens (including phenoxy) is 2. The van der Waals surface area contributed by atoms with Crippen LogP contribution in [0.1, 0.15) is 24.8 Å². The summed E-state index contributed by atoms with van der Waals surface area (Å²) in [5.74, 6) is -8.62. The standard InChI is InChI=1S/C19H22FN3O2.3C2HF3O2/c20-17-4-2-8-22-18(17)25-16-11-19(24-14-16)5-9-23(10-6-19)13-15-3-1-7-21-12-15;3*3-2(4,5)1(6)7/h1-4,7-8,12,16H,5-6,9-11,13-14H2;3*(H,6,7). The topological polar surface area (TPSA) is 159 Å². The third-order valence-corrected chi connectivity index (χ3v) is 5.80. The normalized spacial score (nSPS) is 17.7. The number of nitrogens with zero attached hydrogens (tertiary/aromatic N) is 3. The Balaban J connectivity index is 0.000000413. The first-order valence-corrected chi connectivity index (χ1v) is 12.5. The minimum Gasteiger partial charge on any atom is -0.475 e. The van der Waals surface area contributed by atoms with Crippen LogP contribution in [0.2, 0.25) is 0 Å². The molecule has 258 valence electrons. The number of aromatic nitrogens is 2. The van der Waals surface area contributed by atoms with Gasteiger partial charge in [0.2, 0.25) is 0 Å². The summed E-state index contributed by atoms with van der Waals surface area (Å²) < 4.78 is 121. The Morgan fingerprint density at radius 1 is 0.870 bits per heavy atom. The van der Waals surface area contributed by atoms with Crippen LogP contribution >= 0.6 is 0 Å². The number of halogens is 10. The molecule has 3 N–H and O–H groups in total. The number of hydrogen-bond acceptors (Lipinski definition) is 8. The molecule has 4 rings (SSSR count). The minimum atomic E-state index is -5.08. The summed E-state index contributed by atoms with van der Waals surface area (Å²) in [6.07, 6.45) is -7.39. The van der Waals surface area contributed by atoms with Crippen molar-refractivity contribution in [2.24, 2.45) is 0 Å². The van der Waals surface area contributed by atoms with Crippen LogP contribution < -0.4 is 4.74 Å². The maximum atomic E-state index is 13.7. The molecule has 2 aliphatic heterocycles. The summed E-state index contributed by atoms with van der Waals surface area (Å²) in [7, 11) is 0. The number of pyridine rings is 2. The van der Waals surface area contributed by atoms with Crippen molar-refractivity contribution < 1.29 is 83.1 Å². The third-order valence-electron chi connectivity index (χ3n) is 5.80. The number of carboxylic acids is 3. The second-order valence-electron chi connectivity index (χ2n) is 9.27. The van der Waals surface area contributed by atoms with Gasteiger partial charge in [-0.25, -0.2) is 23.8 Å². The molecule has 0 amide bonds. The van der Waals surface area contributed by atoms with Gasteiger partial charge in [0.05, 0.1) is 12.2 Å². The Morgan fingerprint density at radius 3 is 1.76 bits per heavy atom. The average molecular weight is 685 g/mol. The first-order valence-electron chi connectivity index (χ1n) is 12.5. The van der Waals surface area contributed by atoms with Crippen LogP contribution in [0.25, 0.3) is 0 Å². The number of alkyl halides is 9. The van der Waals surface area contributed by atoms with E-state index in [1.165, 1.54) is 11.6 Å². The van der Waals surface area contributed by atoms with Crippen molar-refractivity contribution in [2.75, 3.05) is 19.7 Å². The van der Waals surface area contributed by atoms with Crippen molar-refractivity contribution in [3.8, 4) is 5.88 Å². The van der Waals surface area contributed by atoms with Gasteiger partial charge in [-0.15, -0.1) is 0 Å². The van der Waals surface area contributed by atoms with Crippen LogP contribution in [0.3, 0.4) is 0 Å². The van der Waals surface area contributed by atoms with E-state index in [-0.39, 0.29) is 17.6 Å². The number of carbonyl (C=O) groups is 3. The Hall–Kier alpha value is -4.27. The molecule has 0 bridgehead atoms. The van der Waals surface area contributed by atoms with E-state index >= 15 is 0 Å². The molecule has 2 fully saturated rings. The van der Waals surface area contributed by atoms with E-state index in [0.717, 1.165) is 38.9 Å². The predicted molar refractivity (Wildman–Crippen MR) is 132 cm³/mol. The van der Waals surface area contributed by atoms with Crippen LogP contribution in [-0.4, -0.2) is 98.0 Å². The molecule has 2 aromatic rings. The molecule has 0 aromatic carbocycles. The smallest absolute Gasteiger partial charge is 0.475 e. The van der Waals surface area contributed by atoms with Gasteiger partial charge in [0.25, 0.3) is 5.88 Å². The second-order valence-corrected chi connectivity index (χ2v) is 9.27. The zero-order valence-corrected chi connectivity index (χ0v) is 23.1. The lowest BCUT2D eigenvalue weighted by atomic mass is 9.88. The SMILES string of the molecule is Fc1cccnc1OC1COC2(CCN(Cc3cccnc3)CC2)C1.O=C(O)C(F)(F)F.O=C(O)C(F)(F)F.O=C(O)C(F)(F)F. The van der Waals surface area contributed by atoms with Crippen LogP contribution in [0.4, 0.5) is 43.9 Å². The Morgan fingerprint density at radius 2 is 1.35 bits per heavy atom. The van der Waals surface area contributed by atoms with E-state index in [0.29, 0.717) is 6.61 Å². The highest BCUT2D eigenvalue weighted by Gasteiger charge is 2.44. The quantitative estimate of drug-likeness (QED) is 0.383. The zero-order valence-electron chi connectivity index (χ0n) is 23.1. The maximum Gasteiger partial charge on any atom is 0.490 e. The van der Waals surface area contributed by atoms with E-state index in [1.54, 1.807) is 18.5 Å². The third kappa shape index (κ3) is 14.7. The van der Waals surface area contributed by atoms with Gasteiger partial charge in [0.15, 0.2) is 5.82 Å². The lowest BCUT2D eigenvalue weighted by Gasteiger charge is -2.38. The van der Waals surface area contributed by atoms with E-state index in [9.17, 15) is 43.9 Å². The van der Waals surface area contributed by atoms with Gasteiger partial charge in [0, 0.05) is 44.6 Å². The summed E-state index contributed by atoms with van der Waals surface area (Å²) in [6, 6.07) is 7.01. The van der Waals surface area contributed by atoms with Gasteiger partial charge in [-0.3, -0.25) is 9.88 Å². The molecule has 21 heteroatoms. The van der Waals surface area contributed by atoms with Crippen LogP contribution in [0.15, 0.2) is 42.9 Å². The van der Waals surface area contributed by atoms with Gasteiger partial charge < -0.3 is 24.8 Å². The lowest BCUT2D eigenvalue weighted by molar-refractivity contribution is -0.193. The molecule has 0 aliphatic carbocycles. The molecule has 46 heavy (non-hydrogen) atoms. The van der Waals surface area contributed by atoms with E-state index in [2.05, 4.69) is 20.9 Å². The fraction of sp³-hybridized carbons (Fsp3) is 0.480. The van der Waals surface area contributed by atoms with Crippen molar-refractivity contribution in [1.29, 1.82) is 0 Å². The van der Waals surface area contributed by atoms with Gasteiger partial charge >= 0.3 is 36.4 Å². The number of rotatable bonds is 4. The van der Waals surface area contributed by atoms with Crippen LogP contribution in [0, 0.1) is 5.82 Å². The van der Waals surface area contributed by atoms with E-state index in [1.807, 2.05) is 12.3 Å². The molecular weight excluding hydrogens is 660 g/mol. The highest BCUT2D eigenvalue weighted by Crippen LogP contribution is 2.37. The fourth-order valence-electron chi connectivity index (χ4n) is 3.71. The number of piperidine rings is 1. The van der Waals surface area contributed by atoms with Crippen molar-refractivity contribution >= 4 is 17.9 Å². The summed E-state index contributed by atoms with van der Waals surface area (Å²) in [5.41, 5.74) is 1.10. The number of likely N-dealkylation sites (tertiary alicyclic amines) is 1. The molecule has 1 unspecified atom stereocenters. The zero-order chi connectivity index (χ0) is 35.3. The van der Waals surface area contributed by atoms with Crippen LogP contribution in [-0.2, 0) is 25.7 Å². The van der Waals surface area contributed by atoms with Gasteiger partial charge in [0.1, 0.15) is 6.10 Å². The first-order chi connectivity index (χ1) is 21.1. The largest absolute Gasteiger partial charge is 0.490 e. The second kappa shape index (κ2) is 16.9. The van der Waals surface area contributed by atoms with Gasteiger partial charge in [-0.05, 0) is 36.6 Å². The fourth-order valence-corrected chi connectivity index (χ4v) is 3.71. The Bertz CT molecular complexity index is 1210. The number of carboxylic acid groups (broad SMARTS) is 3. The molecular formula is C25H25F10N3O8. The van der Waals surface area contributed by atoms with E-state index < -0.39 is 42.3 Å². The summed E-state index contributed by atoms with van der Waals surface area (Å²) in [5, 5.41) is 21.4. The highest BCUT2D eigenvalue weighted by molar-refractivity contribution is 5.73. The number of hydrogen-bond donors (Lipinski definition) is 3. The predicted octanol–water partition coefficient (Wildman–Crippen LogP) is 4.72. The molecule has 0 saturated carbocycles. The van der Waals surface area contributed by atoms with E-state index in [4.69, 9.17) is 39.2 Å². The molecule has 2 aliphatic rings. The highest BCUT2D eigenvalue weighted by atomic mass is 19.4. The molecule has 11 nitrogen and oxygen atoms in total. The lowest BCUT2D eigenvalue weighted by Crippen LogP contribution is -2.44. The maximum absolute atomic E-state index is 13.7. The van der Waals surface area contributed by atoms with Crippen molar-refractivity contribution in [2.45, 2.75) is 56.0 Å². The van der Waals surface area contributed by atoms with Crippen molar-refractivity contribution in [3.63, 3.8) is 0 Å². The Labute approximate surface area is 252 Å². The first kappa shape index (κ1) is 39.8. The van der Waals surface area contributed by atoms with Crippen molar-refractivity contribution in [3.05, 3.63) is 54.2 Å². The average Bonchev–Trinajstić information content (AvgIpc) is 3.33.